The van der Waals surface area contributed by atoms with E-state index >= 15 is 0 Å². The molecule has 0 bridgehead atoms. The second-order valence-corrected chi connectivity index (χ2v) is 30.8. The minimum Gasteiger partial charge on any atom is -0.462 e. The fraction of sp³-hybridized carbons (Fsp3) is 0.944. The van der Waals surface area contributed by atoms with Crippen LogP contribution in [0.3, 0.4) is 0 Å². The van der Waals surface area contributed by atoms with Gasteiger partial charge in [-0.25, -0.2) is 9.13 Å². The first-order chi connectivity index (χ1) is 43.6. The zero-order valence-electron chi connectivity index (χ0n) is 59.5. The number of phosphoric acid groups is 2. The summed E-state index contributed by atoms with van der Waals surface area (Å²) in [6.07, 6.45) is 44.5. The predicted molar refractivity (Wildman–Crippen MR) is 367 cm³/mol. The molecule has 0 aromatic heterocycles. The lowest BCUT2D eigenvalue weighted by Crippen LogP contribution is -2.30. The Labute approximate surface area is 556 Å². The second-order valence-electron chi connectivity index (χ2n) is 27.9. The number of rotatable bonds is 69. The van der Waals surface area contributed by atoms with E-state index in [1.54, 1.807) is 0 Å². The minimum absolute atomic E-state index is 0.104. The van der Waals surface area contributed by atoms with Gasteiger partial charge in [-0.2, -0.15) is 0 Å². The molecule has 540 valence electrons. The molecule has 0 rings (SSSR count). The van der Waals surface area contributed by atoms with Crippen LogP contribution in [0.25, 0.3) is 0 Å². The van der Waals surface area contributed by atoms with Crippen molar-refractivity contribution in [3.8, 4) is 0 Å². The van der Waals surface area contributed by atoms with Crippen molar-refractivity contribution >= 4 is 39.5 Å². The molecule has 0 heterocycles. The van der Waals surface area contributed by atoms with Crippen LogP contribution in [0.5, 0.6) is 0 Å². The first kappa shape index (κ1) is 89.1. The molecule has 3 N–H and O–H groups in total. The number of aliphatic hydroxyl groups excluding tert-OH is 1. The van der Waals surface area contributed by atoms with Gasteiger partial charge < -0.3 is 33.8 Å². The molecular weight excluding hydrogens is 1200 g/mol. The van der Waals surface area contributed by atoms with Gasteiger partial charge in [0.15, 0.2) is 12.2 Å². The van der Waals surface area contributed by atoms with Gasteiger partial charge in [0, 0.05) is 25.7 Å². The topological polar surface area (TPSA) is 237 Å². The molecule has 0 spiro atoms. The molecule has 0 saturated carbocycles. The van der Waals surface area contributed by atoms with Crippen LogP contribution in [0, 0.1) is 23.7 Å². The highest BCUT2D eigenvalue weighted by atomic mass is 31.2. The monoisotopic (exact) mass is 1340 g/mol. The molecule has 0 aromatic carbocycles. The molecule has 17 nitrogen and oxygen atoms in total. The highest BCUT2D eigenvalue weighted by molar-refractivity contribution is 7.47. The molecule has 91 heavy (non-hydrogen) atoms. The molecule has 0 aliphatic heterocycles. The van der Waals surface area contributed by atoms with Crippen molar-refractivity contribution in [1.29, 1.82) is 0 Å². The average Bonchev–Trinajstić information content (AvgIpc) is 2.87. The quantitative estimate of drug-likeness (QED) is 0.0222. The summed E-state index contributed by atoms with van der Waals surface area (Å²) >= 11 is 0. The van der Waals surface area contributed by atoms with Crippen LogP contribution < -0.4 is 0 Å². The lowest BCUT2D eigenvalue weighted by molar-refractivity contribution is -0.161. The molecule has 0 amide bonds. The zero-order valence-corrected chi connectivity index (χ0v) is 61.3. The van der Waals surface area contributed by atoms with E-state index in [1.165, 1.54) is 154 Å². The summed E-state index contributed by atoms with van der Waals surface area (Å²) in [4.78, 5) is 72.6. The first-order valence-corrected chi connectivity index (χ1v) is 40.2. The summed E-state index contributed by atoms with van der Waals surface area (Å²) in [6.45, 7) is 14.1. The molecule has 3 unspecified atom stereocenters. The van der Waals surface area contributed by atoms with Crippen molar-refractivity contribution in [2.75, 3.05) is 39.6 Å². The predicted octanol–water partition coefficient (Wildman–Crippen LogP) is 20.5. The van der Waals surface area contributed by atoms with E-state index < -0.39 is 97.5 Å². The van der Waals surface area contributed by atoms with Crippen LogP contribution in [0.1, 0.15) is 357 Å². The van der Waals surface area contributed by atoms with Gasteiger partial charge >= 0.3 is 39.5 Å². The van der Waals surface area contributed by atoms with E-state index in [1.807, 2.05) is 0 Å². The number of carbonyl (C=O) groups excluding carboxylic acids is 4. The Morgan fingerprint density at radius 3 is 0.681 bits per heavy atom. The number of ether oxygens (including phenoxy) is 4. The van der Waals surface area contributed by atoms with Gasteiger partial charge in [-0.1, -0.05) is 306 Å². The van der Waals surface area contributed by atoms with Gasteiger partial charge in [-0.05, 0) is 49.4 Å². The third-order valence-electron chi connectivity index (χ3n) is 16.6. The van der Waals surface area contributed by atoms with E-state index in [0.29, 0.717) is 31.6 Å². The number of hydrogen-bond acceptors (Lipinski definition) is 15. The standard InChI is InChI=1S/C72H140O17P2/c1-62(2)48-40-32-24-17-12-9-10-14-21-29-38-46-54-71(76)88-67(58-82-69(74)52-44-36-28-20-15-11-13-18-25-33-41-49-63(3)4)60-86-90(78,79)84-56-66(73)57-85-91(80,81)87-61-68(59-83-70(75)53-45-37-31-23-27-35-43-51-65(7)8)89-72(77)55-47-39-30-22-16-19-26-34-42-50-64(5)6/h62-68,73H,9-61H2,1-8H3,(H,78,79)(H,80,81)/t66?,67-,68-/m1/s1. The van der Waals surface area contributed by atoms with Crippen LogP contribution in [0.4, 0.5) is 0 Å². The number of phosphoric ester groups is 2. The summed E-state index contributed by atoms with van der Waals surface area (Å²) in [5.74, 6) is 0.862. The second kappa shape index (κ2) is 61.6. The maximum atomic E-state index is 13.0. The third kappa shape index (κ3) is 66.5. The third-order valence-corrected chi connectivity index (χ3v) is 18.5. The van der Waals surface area contributed by atoms with Crippen LogP contribution in [-0.4, -0.2) is 96.7 Å². The van der Waals surface area contributed by atoms with E-state index in [-0.39, 0.29) is 25.7 Å². The van der Waals surface area contributed by atoms with Crippen molar-refractivity contribution < 1.29 is 80.2 Å². The van der Waals surface area contributed by atoms with Crippen molar-refractivity contribution in [2.24, 2.45) is 23.7 Å². The van der Waals surface area contributed by atoms with Gasteiger partial charge in [-0.15, -0.1) is 0 Å². The summed E-state index contributed by atoms with van der Waals surface area (Å²) in [6, 6.07) is 0. The van der Waals surface area contributed by atoms with E-state index in [2.05, 4.69) is 55.4 Å². The highest BCUT2D eigenvalue weighted by Crippen LogP contribution is 2.45. The van der Waals surface area contributed by atoms with Crippen LogP contribution in [0.15, 0.2) is 0 Å². The maximum absolute atomic E-state index is 13.0. The van der Waals surface area contributed by atoms with Gasteiger partial charge in [0.25, 0.3) is 0 Å². The molecule has 19 heteroatoms. The van der Waals surface area contributed by atoms with Gasteiger partial charge in [0.2, 0.25) is 0 Å². The number of esters is 4. The summed E-state index contributed by atoms with van der Waals surface area (Å²) < 4.78 is 68.4. The average molecular weight is 1340 g/mol. The summed E-state index contributed by atoms with van der Waals surface area (Å²) in [5, 5.41) is 10.6. The first-order valence-electron chi connectivity index (χ1n) is 37.2. The Bertz CT molecular complexity index is 1800. The number of unbranched alkanes of at least 4 members (excludes halogenated alkanes) is 35. The number of carbonyl (C=O) groups is 4. The summed E-state index contributed by atoms with van der Waals surface area (Å²) in [7, 11) is -9.91. The fourth-order valence-electron chi connectivity index (χ4n) is 10.8. The molecule has 0 aliphatic rings. The lowest BCUT2D eigenvalue weighted by atomic mass is 10.0. The van der Waals surface area contributed by atoms with E-state index in [9.17, 15) is 43.2 Å². The molecule has 0 radical (unpaired) electrons. The fourth-order valence-corrected chi connectivity index (χ4v) is 12.4. The van der Waals surface area contributed by atoms with Crippen LogP contribution in [-0.2, 0) is 65.4 Å². The highest BCUT2D eigenvalue weighted by Gasteiger charge is 2.30. The zero-order chi connectivity index (χ0) is 67.5. The maximum Gasteiger partial charge on any atom is 0.472 e. The van der Waals surface area contributed by atoms with E-state index in [0.717, 1.165) is 114 Å². The van der Waals surface area contributed by atoms with Gasteiger partial charge in [-0.3, -0.25) is 37.3 Å². The minimum atomic E-state index is -4.95. The van der Waals surface area contributed by atoms with Gasteiger partial charge in [0.05, 0.1) is 26.4 Å². The van der Waals surface area contributed by atoms with E-state index in [4.69, 9.17) is 37.0 Å². The van der Waals surface area contributed by atoms with Gasteiger partial charge in [0.1, 0.15) is 19.3 Å². The van der Waals surface area contributed by atoms with Crippen molar-refractivity contribution in [2.45, 2.75) is 375 Å². The largest absolute Gasteiger partial charge is 0.472 e. The Morgan fingerprint density at radius 2 is 0.462 bits per heavy atom. The molecule has 0 saturated heterocycles. The van der Waals surface area contributed by atoms with Crippen molar-refractivity contribution in [3.05, 3.63) is 0 Å². The van der Waals surface area contributed by atoms with Crippen molar-refractivity contribution in [3.63, 3.8) is 0 Å². The Morgan fingerprint density at radius 1 is 0.275 bits per heavy atom. The van der Waals surface area contributed by atoms with Crippen LogP contribution in [0.2, 0.25) is 0 Å². The number of aliphatic hydroxyl groups is 1. The van der Waals surface area contributed by atoms with Crippen LogP contribution >= 0.6 is 15.6 Å². The van der Waals surface area contributed by atoms with Crippen molar-refractivity contribution in [1.82, 2.24) is 0 Å². The SMILES string of the molecule is CC(C)CCCCCCCCCCCCCCC(=O)O[C@H](COC(=O)CCCCCCCCCCCCCC(C)C)COP(=O)(O)OCC(O)COP(=O)(O)OC[C@@H](COC(=O)CCCCCCCCCC(C)C)OC(=O)CCCCCCCCCCCC(C)C. The molecule has 5 atom stereocenters. The molecule has 0 aromatic rings. The molecule has 0 aliphatic carbocycles. The number of hydrogen-bond donors (Lipinski definition) is 3. The smallest absolute Gasteiger partial charge is 0.462 e. The molecular formula is C72H140O17P2. The normalized spacial score (nSPS) is 14.2. The Kier molecular flexibility index (Phi) is 60.3. The Balaban J connectivity index is 5.26. The summed E-state index contributed by atoms with van der Waals surface area (Å²) in [5.41, 5.74) is 0. The molecule has 0 fully saturated rings. The lowest BCUT2D eigenvalue weighted by Gasteiger charge is -2.21. The Hall–Kier alpha value is -1.94.